The van der Waals surface area contributed by atoms with Crippen LogP contribution in [0.3, 0.4) is 0 Å². The van der Waals surface area contributed by atoms with Crippen LogP contribution < -0.4 is 16.0 Å². The fourth-order valence-corrected chi connectivity index (χ4v) is 6.51. The number of ketones is 1. The molecule has 1 atom stereocenters. The number of carbonyl (C=O) groups is 2. The molecule has 19 heteroatoms. The summed E-state index contributed by atoms with van der Waals surface area (Å²) in [5.41, 5.74) is 5.18. The molecule has 1 saturated heterocycles. The topological polar surface area (TPSA) is 179 Å². The van der Waals surface area contributed by atoms with Gasteiger partial charge in [0, 0.05) is 38.9 Å². The van der Waals surface area contributed by atoms with Gasteiger partial charge in [0.25, 0.3) is 0 Å². The minimum Gasteiger partial charge on any atom is -0.475 e. The zero-order valence-corrected chi connectivity index (χ0v) is 25.4. The Morgan fingerprint density at radius 2 is 1.76 bits per heavy atom. The highest BCUT2D eigenvalue weighted by Gasteiger charge is 2.38. The highest BCUT2D eigenvalue weighted by atomic mass is 32.2. The second-order valence-corrected chi connectivity index (χ2v) is 12.8. The Hall–Kier alpha value is -3.94. The van der Waals surface area contributed by atoms with Crippen LogP contribution in [0.5, 0.6) is 0 Å². The van der Waals surface area contributed by atoms with Crippen molar-refractivity contribution in [2.75, 3.05) is 42.6 Å². The molecular formula is C26H29F5N6O6S2. The first-order chi connectivity index (χ1) is 20.9. The molecule has 0 radical (unpaired) electrons. The molecule has 0 bridgehead atoms. The van der Waals surface area contributed by atoms with Gasteiger partial charge in [0.05, 0.1) is 11.7 Å². The number of aliphatic hydroxyl groups is 1. The third-order valence-electron chi connectivity index (χ3n) is 6.36. The Labute approximate surface area is 258 Å². The standard InChI is InChI=1S/C24H28F2N6O4S2.C2HF3O2/c1-14(33)13-31(2)19-7-6-16(12-28-19)38(35,36)32-10-8-15(9-11-32)29-24-30-23(27)22(37-24)21(34)20-17(25)4-3-5-18(20)26;3-2(4,5)1(6)7/h3-7,12,14-15,33H,8-11,13,27H2,1-2H3,(H,29,30);(H,6,7)/t14-;/m1./s1. The molecule has 1 aliphatic rings. The van der Waals surface area contributed by atoms with Gasteiger partial charge in [-0.3, -0.25) is 4.79 Å². The number of carboxylic acid groups (broad SMARTS) is 1. The number of thiazole rings is 1. The lowest BCUT2D eigenvalue weighted by atomic mass is 10.1. The van der Waals surface area contributed by atoms with Crippen molar-refractivity contribution in [3.8, 4) is 0 Å². The second-order valence-electron chi connectivity index (χ2n) is 9.87. The molecule has 246 valence electrons. The summed E-state index contributed by atoms with van der Waals surface area (Å²) >= 11 is 0.894. The van der Waals surface area contributed by atoms with Gasteiger partial charge in [0.1, 0.15) is 33.0 Å². The monoisotopic (exact) mass is 680 g/mol. The molecule has 5 N–H and O–H groups in total. The van der Waals surface area contributed by atoms with Gasteiger partial charge in [0.2, 0.25) is 15.8 Å². The molecule has 0 aliphatic carbocycles. The Morgan fingerprint density at radius 3 is 2.24 bits per heavy atom. The van der Waals surface area contributed by atoms with E-state index in [0.29, 0.717) is 30.3 Å². The number of pyridine rings is 1. The number of hydrogen-bond donors (Lipinski definition) is 4. The van der Waals surface area contributed by atoms with Gasteiger partial charge in [-0.25, -0.2) is 32.0 Å². The van der Waals surface area contributed by atoms with Gasteiger partial charge in [-0.15, -0.1) is 0 Å². The van der Waals surface area contributed by atoms with Gasteiger partial charge in [-0.05, 0) is 44.0 Å². The van der Waals surface area contributed by atoms with Crippen LogP contribution in [0.15, 0.2) is 41.4 Å². The zero-order valence-electron chi connectivity index (χ0n) is 23.8. The number of aromatic nitrogens is 2. The average Bonchev–Trinajstić information content (AvgIpc) is 3.32. The average molecular weight is 681 g/mol. The first-order valence-corrected chi connectivity index (χ1v) is 15.3. The number of alkyl halides is 3. The molecule has 0 spiro atoms. The maximum Gasteiger partial charge on any atom is 0.490 e. The van der Waals surface area contributed by atoms with Gasteiger partial charge < -0.3 is 26.2 Å². The summed E-state index contributed by atoms with van der Waals surface area (Å²) in [5, 5.41) is 20.1. The number of carbonyl (C=O) groups excluding carboxylic acids is 1. The van der Waals surface area contributed by atoms with Crippen LogP contribution in [0.25, 0.3) is 0 Å². The molecule has 0 unspecified atom stereocenters. The first-order valence-electron chi connectivity index (χ1n) is 13.1. The molecule has 1 aromatic carbocycles. The predicted octanol–water partition coefficient (Wildman–Crippen LogP) is 3.35. The van der Waals surface area contributed by atoms with Crippen molar-refractivity contribution in [1.82, 2.24) is 14.3 Å². The number of nitrogens with one attached hydrogen (secondary N) is 1. The summed E-state index contributed by atoms with van der Waals surface area (Å²) in [6, 6.07) is 6.11. The van der Waals surface area contributed by atoms with E-state index in [9.17, 15) is 40.3 Å². The lowest BCUT2D eigenvalue weighted by molar-refractivity contribution is -0.192. The number of aliphatic carboxylic acids is 1. The molecule has 0 saturated carbocycles. The number of anilines is 3. The molecule has 3 aromatic rings. The zero-order chi connectivity index (χ0) is 33.7. The van der Waals surface area contributed by atoms with Crippen LogP contribution >= 0.6 is 11.3 Å². The molecule has 3 heterocycles. The highest BCUT2D eigenvalue weighted by Crippen LogP contribution is 2.31. The Morgan fingerprint density at radius 1 is 1.18 bits per heavy atom. The third kappa shape index (κ3) is 9.05. The lowest BCUT2D eigenvalue weighted by Gasteiger charge is -2.31. The maximum atomic E-state index is 14.1. The summed E-state index contributed by atoms with van der Waals surface area (Å²) in [6.07, 6.45) is -3.40. The molecule has 1 fully saturated rings. The quantitative estimate of drug-likeness (QED) is 0.192. The van der Waals surface area contributed by atoms with E-state index in [4.69, 9.17) is 15.6 Å². The number of likely N-dealkylation sites (N-methyl/N-ethyl adjacent to an activating group) is 1. The van der Waals surface area contributed by atoms with Crippen molar-refractivity contribution in [3.63, 3.8) is 0 Å². The van der Waals surface area contributed by atoms with Crippen molar-refractivity contribution in [3.05, 3.63) is 58.6 Å². The van der Waals surface area contributed by atoms with E-state index in [1.807, 2.05) is 0 Å². The summed E-state index contributed by atoms with van der Waals surface area (Å²) < 4.78 is 87.4. The van der Waals surface area contributed by atoms with Crippen molar-refractivity contribution >= 4 is 49.9 Å². The SMILES string of the molecule is C[C@@H](O)CN(C)c1ccc(S(=O)(=O)N2CCC(Nc3nc(N)c(C(=O)c4c(F)cccc4F)s3)CC2)cn1.O=C(O)C(F)(F)F. The summed E-state index contributed by atoms with van der Waals surface area (Å²) in [7, 11) is -1.99. The van der Waals surface area contributed by atoms with E-state index >= 15 is 0 Å². The van der Waals surface area contributed by atoms with Gasteiger partial charge >= 0.3 is 12.1 Å². The number of sulfonamides is 1. The summed E-state index contributed by atoms with van der Waals surface area (Å²) in [6.45, 7) is 2.51. The number of halogens is 5. The number of nitrogen functional groups attached to an aromatic ring is 1. The van der Waals surface area contributed by atoms with Crippen LogP contribution in [0.4, 0.5) is 38.7 Å². The largest absolute Gasteiger partial charge is 0.490 e. The number of rotatable bonds is 9. The molecule has 4 rings (SSSR count). The molecular weight excluding hydrogens is 651 g/mol. The first kappa shape index (κ1) is 35.5. The Bertz CT molecular complexity index is 1590. The van der Waals surface area contributed by atoms with E-state index in [2.05, 4.69) is 15.3 Å². The molecule has 1 aliphatic heterocycles. The number of benzene rings is 1. The molecule has 45 heavy (non-hydrogen) atoms. The van der Waals surface area contributed by atoms with Gasteiger partial charge in [-0.2, -0.15) is 17.5 Å². The number of aliphatic hydroxyl groups excluding tert-OH is 1. The van der Waals surface area contributed by atoms with Crippen LogP contribution in [-0.2, 0) is 14.8 Å². The number of nitrogens with zero attached hydrogens (tertiary/aromatic N) is 4. The van der Waals surface area contributed by atoms with Crippen LogP contribution in [0.1, 0.15) is 35.0 Å². The highest BCUT2D eigenvalue weighted by molar-refractivity contribution is 7.89. The lowest BCUT2D eigenvalue weighted by Crippen LogP contribution is -2.42. The number of nitrogens with two attached hydrogens (primary N) is 1. The molecule has 0 amide bonds. The van der Waals surface area contributed by atoms with E-state index in [1.165, 1.54) is 22.6 Å². The number of hydrogen-bond acceptors (Lipinski definition) is 11. The smallest absolute Gasteiger partial charge is 0.475 e. The van der Waals surface area contributed by atoms with Crippen LogP contribution in [0.2, 0.25) is 0 Å². The summed E-state index contributed by atoms with van der Waals surface area (Å²) in [4.78, 5) is 31.7. The van der Waals surface area contributed by atoms with Crippen molar-refractivity contribution < 1.29 is 50.2 Å². The number of carboxylic acids is 1. The van der Waals surface area contributed by atoms with Crippen molar-refractivity contribution in [2.24, 2.45) is 0 Å². The summed E-state index contributed by atoms with van der Waals surface area (Å²) in [5.74, 6) is -5.20. The molecule has 12 nitrogen and oxygen atoms in total. The van der Waals surface area contributed by atoms with E-state index in [-0.39, 0.29) is 34.7 Å². The fourth-order valence-electron chi connectivity index (χ4n) is 4.19. The van der Waals surface area contributed by atoms with E-state index < -0.39 is 51.3 Å². The Kier molecular flexibility index (Phi) is 11.4. The minimum atomic E-state index is -5.08. The molecule has 2 aromatic heterocycles. The van der Waals surface area contributed by atoms with Gasteiger partial charge in [-0.1, -0.05) is 17.4 Å². The third-order valence-corrected chi connectivity index (χ3v) is 9.24. The minimum absolute atomic E-state index is 0.0773. The van der Waals surface area contributed by atoms with Gasteiger partial charge in [0.15, 0.2) is 5.13 Å². The van der Waals surface area contributed by atoms with Crippen LogP contribution in [0, 0.1) is 11.6 Å². The maximum absolute atomic E-state index is 14.1. The van der Waals surface area contributed by atoms with Crippen molar-refractivity contribution in [1.29, 1.82) is 0 Å². The van der Waals surface area contributed by atoms with E-state index in [0.717, 1.165) is 23.5 Å². The normalized spacial score (nSPS) is 15.1. The van der Waals surface area contributed by atoms with E-state index in [1.54, 1.807) is 24.9 Å². The second kappa shape index (κ2) is 14.4. The predicted molar refractivity (Wildman–Crippen MR) is 155 cm³/mol. The van der Waals surface area contributed by atoms with Crippen LogP contribution in [-0.4, -0.2) is 89.7 Å². The fraction of sp³-hybridized carbons (Fsp3) is 0.385. The Balaban J connectivity index is 0.000000707. The van der Waals surface area contributed by atoms with Crippen molar-refractivity contribution in [2.45, 2.75) is 43.0 Å². The number of piperidine rings is 1.